The summed E-state index contributed by atoms with van der Waals surface area (Å²) < 4.78 is 0. The third-order valence-corrected chi connectivity index (χ3v) is 10.3. The van der Waals surface area contributed by atoms with E-state index < -0.39 is 96.0 Å². The van der Waals surface area contributed by atoms with E-state index in [1.165, 1.54) is 43.3 Å². The van der Waals surface area contributed by atoms with Crippen LogP contribution >= 0.6 is 11.8 Å². The minimum absolute atomic E-state index is 0.0151. The number of benzene rings is 2. The second-order valence-electron chi connectivity index (χ2n) is 15.4. The number of aromatic amines is 1. The first-order valence-electron chi connectivity index (χ1n) is 20.2. The molecule has 13 N–H and O–H groups in total. The Kier molecular flexibility index (Phi) is 20.6. The standard InChI is InChI=1S/C42H58N10O10S/c1-23(2)16-32(40(60)48-30(14-15-63-4)39(59)49-31(36(44)56)20-35(54)55)51-42(62)34(19-27-21-45-22-46-27)52-41(61)33(18-25-8-6-5-7-9-25)50-37(57)24(3)47-38(58)29(43)17-26-10-12-28(53)13-11-26/h5-13,21-24,29-34,53H,14-20,43H2,1-4H3,(H2,44,56)(H,45,46)(H,47,58)(H,48,60)(H,49,59)(H,50,57)(H,51,62)(H,52,61)(H,54,55)/t24-,29-,30-,31-,32-,33-,34-/m0/s1. The van der Waals surface area contributed by atoms with Crippen molar-refractivity contribution in [3.05, 3.63) is 83.9 Å². The third kappa shape index (κ3) is 17.8. The lowest BCUT2D eigenvalue weighted by Gasteiger charge is -2.28. The Balaban J connectivity index is 1.83. The van der Waals surface area contributed by atoms with Gasteiger partial charge in [-0.3, -0.25) is 38.4 Å². The summed E-state index contributed by atoms with van der Waals surface area (Å²) in [6.45, 7) is 5.04. The number of nitrogens with zero attached hydrogens (tertiary/aromatic N) is 1. The van der Waals surface area contributed by atoms with Crippen molar-refractivity contribution in [1.29, 1.82) is 0 Å². The van der Waals surface area contributed by atoms with Crippen molar-refractivity contribution in [2.45, 2.75) is 102 Å². The van der Waals surface area contributed by atoms with Crippen molar-refractivity contribution in [2.24, 2.45) is 17.4 Å². The molecular formula is C42H58N10O10S. The number of imidazole rings is 1. The van der Waals surface area contributed by atoms with E-state index in [1.807, 2.05) is 0 Å². The Bertz CT molecular complexity index is 2000. The maximum Gasteiger partial charge on any atom is 0.305 e. The number of aromatic hydroxyl groups is 1. The van der Waals surface area contributed by atoms with E-state index in [0.29, 0.717) is 22.6 Å². The van der Waals surface area contributed by atoms with Gasteiger partial charge in [-0.2, -0.15) is 11.8 Å². The minimum atomic E-state index is -1.54. The number of phenols is 1. The average Bonchev–Trinajstić information content (AvgIpc) is 3.75. The second-order valence-corrected chi connectivity index (χ2v) is 16.4. The number of hydrogen-bond acceptors (Lipinski definition) is 12. The van der Waals surface area contributed by atoms with Crippen LogP contribution in [0.5, 0.6) is 5.75 Å². The lowest BCUT2D eigenvalue weighted by molar-refractivity contribution is -0.140. The number of aromatic nitrogens is 2. The number of carboxylic acid groups (broad SMARTS) is 1. The smallest absolute Gasteiger partial charge is 0.305 e. The number of amides is 7. The summed E-state index contributed by atoms with van der Waals surface area (Å²) in [5, 5.41) is 34.3. The number of hydrogen-bond donors (Lipinski definition) is 11. The summed E-state index contributed by atoms with van der Waals surface area (Å²) in [7, 11) is 0. The van der Waals surface area contributed by atoms with Gasteiger partial charge in [-0.15, -0.1) is 0 Å². The molecule has 1 heterocycles. The highest BCUT2D eigenvalue weighted by atomic mass is 32.2. The van der Waals surface area contributed by atoms with Gasteiger partial charge in [-0.05, 0) is 67.4 Å². The number of rotatable bonds is 26. The van der Waals surface area contributed by atoms with Crippen LogP contribution in [0.15, 0.2) is 67.1 Å². The number of carbonyl (C=O) groups is 8. The summed E-state index contributed by atoms with van der Waals surface area (Å²) in [5.41, 5.74) is 13.2. The zero-order valence-electron chi connectivity index (χ0n) is 35.6. The first-order chi connectivity index (χ1) is 29.9. The van der Waals surface area contributed by atoms with Crippen LogP contribution in [-0.4, -0.2) is 122 Å². The zero-order chi connectivity index (χ0) is 46.6. The Morgan fingerprint density at radius 1 is 0.683 bits per heavy atom. The normalized spacial score (nSPS) is 14.4. The molecule has 0 bridgehead atoms. The van der Waals surface area contributed by atoms with Crippen LogP contribution in [0.3, 0.4) is 0 Å². The summed E-state index contributed by atoms with van der Waals surface area (Å²) in [6, 6.07) is 6.13. The van der Waals surface area contributed by atoms with E-state index in [2.05, 4.69) is 41.9 Å². The van der Waals surface area contributed by atoms with E-state index in [0.717, 1.165) is 0 Å². The van der Waals surface area contributed by atoms with Gasteiger partial charge in [0.25, 0.3) is 0 Å². The van der Waals surface area contributed by atoms with Crippen molar-refractivity contribution in [2.75, 3.05) is 12.0 Å². The van der Waals surface area contributed by atoms with Crippen molar-refractivity contribution in [1.82, 2.24) is 41.9 Å². The monoisotopic (exact) mass is 894 g/mol. The van der Waals surface area contributed by atoms with Crippen molar-refractivity contribution < 1.29 is 48.6 Å². The maximum atomic E-state index is 14.2. The van der Waals surface area contributed by atoms with Crippen molar-refractivity contribution in [3.8, 4) is 5.75 Å². The number of nitrogens with two attached hydrogens (primary N) is 2. The highest BCUT2D eigenvalue weighted by Crippen LogP contribution is 2.13. The van der Waals surface area contributed by atoms with Crippen LogP contribution in [0.1, 0.15) is 56.9 Å². The molecule has 63 heavy (non-hydrogen) atoms. The number of primary amides is 1. The molecule has 20 nitrogen and oxygen atoms in total. The van der Waals surface area contributed by atoms with Crippen molar-refractivity contribution in [3.63, 3.8) is 0 Å². The average molecular weight is 895 g/mol. The van der Waals surface area contributed by atoms with Gasteiger partial charge in [-0.25, -0.2) is 4.98 Å². The first kappa shape index (κ1) is 50.9. The summed E-state index contributed by atoms with van der Waals surface area (Å²) in [4.78, 5) is 112. The summed E-state index contributed by atoms with van der Waals surface area (Å²) in [6.07, 6.45) is 3.99. The molecule has 0 unspecified atom stereocenters. The van der Waals surface area contributed by atoms with Crippen LogP contribution in [0.25, 0.3) is 0 Å². The Hall–Kier alpha value is -6.48. The molecule has 7 amide bonds. The molecule has 0 aliphatic heterocycles. The van der Waals surface area contributed by atoms with Gasteiger partial charge in [0.2, 0.25) is 41.4 Å². The van der Waals surface area contributed by atoms with Gasteiger partial charge < -0.3 is 58.6 Å². The number of thioether (sulfide) groups is 1. The van der Waals surface area contributed by atoms with E-state index >= 15 is 0 Å². The quantitative estimate of drug-likeness (QED) is 0.0469. The molecular weight excluding hydrogens is 837 g/mol. The lowest BCUT2D eigenvalue weighted by Crippen LogP contribution is -2.60. The molecule has 0 spiro atoms. The van der Waals surface area contributed by atoms with Crippen molar-refractivity contribution >= 4 is 59.1 Å². The molecule has 21 heteroatoms. The molecule has 0 saturated heterocycles. The largest absolute Gasteiger partial charge is 0.508 e. The fourth-order valence-corrected chi connectivity index (χ4v) is 6.71. The van der Waals surface area contributed by atoms with Gasteiger partial charge in [0, 0.05) is 24.7 Å². The second kappa shape index (κ2) is 25.5. The molecule has 0 saturated carbocycles. The molecule has 1 aromatic heterocycles. The Labute approximate surface area is 369 Å². The summed E-state index contributed by atoms with van der Waals surface area (Å²) >= 11 is 1.37. The minimum Gasteiger partial charge on any atom is -0.508 e. The third-order valence-electron chi connectivity index (χ3n) is 9.63. The topological polar surface area (TPSA) is 330 Å². The zero-order valence-corrected chi connectivity index (χ0v) is 36.4. The molecule has 3 aromatic rings. The summed E-state index contributed by atoms with van der Waals surface area (Å²) in [5.74, 6) is -6.68. The van der Waals surface area contributed by atoms with Gasteiger partial charge in [0.1, 0.15) is 42.0 Å². The van der Waals surface area contributed by atoms with E-state index in [4.69, 9.17) is 11.5 Å². The fraction of sp³-hybridized carbons (Fsp3) is 0.452. The molecule has 0 fully saturated rings. The van der Waals surface area contributed by atoms with Gasteiger partial charge in [0.15, 0.2) is 0 Å². The van der Waals surface area contributed by atoms with Gasteiger partial charge in [0.05, 0.1) is 18.8 Å². The highest BCUT2D eigenvalue weighted by molar-refractivity contribution is 7.98. The van der Waals surface area contributed by atoms with Gasteiger partial charge in [-0.1, -0.05) is 56.3 Å². The number of aliphatic carboxylic acids is 1. The number of carboxylic acids is 1. The molecule has 0 radical (unpaired) electrons. The maximum absolute atomic E-state index is 14.2. The van der Waals surface area contributed by atoms with Crippen LogP contribution in [0.4, 0.5) is 0 Å². The predicted octanol–water partition coefficient (Wildman–Crippen LogP) is -0.842. The van der Waals surface area contributed by atoms with E-state index in [9.17, 15) is 48.6 Å². The fourth-order valence-electron chi connectivity index (χ4n) is 6.24. The Morgan fingerprint density at radius 3 is 1.79 bits per heavy atom. The number of nitrogens with one attached hydrogen (secondary N) is 7. The van der Waals surface area contributed by atoms with Crippen LogP contribution in [0.2, 0.25) is 0 Å². The highest BCUT2D eigenvalue weighted by Gasteiger charge is 2.34. The molecule has 2 aromatic carbocycles. The Morgan fingerprint density at radius 2 is 1.22 bits per heavy atom. The van der Waals surface area contributed by atoms with E-state index in [-0.39, 0.29) is 43.8 Å². The lowest BCUT2D eigenvalue weighted by atomic mass is 10.0. The first-order valence-corrected chi connectivity index (χ1v) is 21.6. The van der Waals surface area contributed by atoms with Crippen LogP contribution in [-0.2, 0) is 57.6 Å². The molecule has 7 atom stereocenters. The molecule has 0 aliphatic rings. The predicted molar refractivity (Wildman–Crippen MR) is 233 cm³/mol. The van der Waals surface area contributed by atoms with Gasteiger partial charge >= 0.3 is 5.97 Å². The molecule has 3 rings (SSSR count). The molecule has 342 valence electrons. The number of phenolic OH excluding ortho intramolecular Hbond substituents is 1. The van der Waals surface area contributed by atoms with E-state index in [1.54, 1.807) is 62.6 Å². The number of H-pyrrole nitrogens is 1. The van der Waals surface area contributed by atoms with Crippen LogP contribution in [0, 0.1) is 5.92 Å². The molecule has 0 aliphatic carbocycles. The van der Waals surface area contributed by atoms with Crippen LogP contribution < -0.4 is 43.4 Å². The number of carbonyl (C=O) groups excluding carboxylic acids is 7. The SMILES string of the molecule is CSCC[C@H](NC(=O)[C@H](CC(C)C)NC(=O)[C@H](Cc1cnc[nH]1)NC(=O)[C@H](Cc1ccccc1)NC(=O)[C@H](C)NC(=O)[C@@H](N)Cc1ccc(O)cc1)C(=O)N[C@@H](CC(=O)O)C(N)=O.